The van der Waals surface area contributed by atoms with Gasteiger partial charge in [-0.3, -0.25) is 0 Å². The Kier molecular flexibility index (Phi) is 5.37. The average molecular weight is 503 g/mol. The highest BCUT2D eigenvalue weighted by Gasteiger charge is 2.17. The molecule has 0 aliphatic heterocycles. The van der Waals surface area contributed by atoms with Crippen LogP contribution in [-0.4, -0.2) is 4.21 Å². The number of hydrogen-bond acceptors (Lipinski definition) is 3. The zero-order valence-corrected chi connectivity index (χ0v) is 20.1. The topological polar surface area (TPSA) is 17.1 Å². The van der Waals surface area contributed by atoms with Crippen LogP contribution >= 0.6 is 22.7 Å². The monoisotopic (exact) mass is 502 g/mol. The third-order valence-electron chi connectivity index (χ3n) is 5.72. The van der Waals surface area contributed by atoms with E-state index in [1.807, 2.05) is 48.5 Å². The molecule has 1 nitrogen and oxygen atoms in total. The molecule has 0 aliphatic rings. The van der Waals surface area contributed by atoms with Crippen LogP contribution in [0, 0.1) is 11.6 Å². The van der Waals surface area contributed by atoms with Gasteiger partial charge in [0.2, 0.25) is 0 Å². The average Bonchev–Trinajstić information content (AvgIpc) is 3.49. The predicted molar refractivity (Wildman–Crippen MR) is 139 cm³/mol. The summed E-state index contributed by atoms with van der Waals surface area (Å²) in [6, 6.07) is 28.8. The molecule has 0 aliphatic carbocycles. The summed E-state index contributed by atoms with van der Waals surface area (Å²) in [4.78, 5) is 0. The van der Waals surface area contributed by atoms with Crippen molar-refractivity contribution >= 4 is 53.6 Å². The largest absolute Gasteiger partial charge is 0.247 e. The van der Waals surface area contributed by atoms with Gasteiger partial charge < -0.3 is 0 Å². The lowest BCUT2D eigenvalue weighted by Crippen LogP contribution is -1.83. The minimum absolute atomic E-state index is 0.270. The first-order valence-electron chi connectivity index (χ1n) is 10.6. The second-order valence-corrected chi connectivity index (χ2v) is 11.9. The maximum atomic E-state index is 13.6. The summed E-state index contributed by atoms with van der Waals surface area (Å²) in [7, 11) is -1.33. The van der Waals surface area contributed by atoms with Crippen LogP contribution in [0.4, 0.5) is 8.78 Å². The van der Waals surface area contributed by atoms with Crippen molar-refractivity contribution in [1.29, 1.82) is 0 Å². The van der Waals surface area contributed by atoms with Gasteiger partial charge in [0.15, 0.2) is 0 Å². The quantitative estimate of drug-likeness (QED) is 0.235. The van der Waals surface area contributed by atoms with Crippen molar-refractivity contribution in [3.8, 4) is 22.3 Å². The summed E-state index contributed by atoms with van der Waals surface area (Å²) in [5.74, 6) is -0.540. The minimum atomic E-state index is -1.33. The SMILES string of the molecule is O=S(c1cc2cccc(-c3ccc(F)cc3)c2s1)c1cc2cccc(-c3ccc(F)cc3)c2s1. The van der Waals surface area contributed by atoms with Crippen LogP contribution in [0.15, 0.2) is 105 Å². The fraction of sp³-hybridized carbons (Fsp3) is 0. The molecular weight excluding hydrogens is 487 g/mol. The second kappa shape index (κ2) is 8.55. The summed E-state index contributed by atoms with van der Waals surface area (Å²) in [5.41, 5.74) is 3.86. The fourth-order valence-corrected chi connectivity index (χ4v) is 8.40. The zero-order chi connectivity index (χ0) is 23.2. The fourth-order valence-electron chi connectivity index (χ4n) is 4.07. The molecule has 0 fully saturated rings. The second-order valence-electron chi connectivity index (χ2n) is 7.86. The van der Waals surface area contributed by atoms with Crippen molar-refractivity contribution in [1.82, 2.24) is 0 Å². The number of hydrogen-bond donors (Lipinski definition) is 0. The van der Waals surface area contributed by atoms with E-state index in [9.17, 15) is 13.0 Å². The summed E-state index contributed by atoms with van der Waals surface area (Å²) in [6.45, 7) is 0. The van der Waals surface area contributed by atoms with Gasteiger partial charge in [0.05, 0.1) is 8.42 Å². The molecule has 166 valence electrons. The molecule has 2 aromatic heterocycles. The molecule has 0 amide bonds. The van der Waals surface area contributed by atoms with Gasteiger partial charge >= 0.3 is 0 Å². The first kappa shape index (κ1) is 21.4. The van der Waals surface area contributed by atoms with E-state index in [1.165, 1.54) is 46.9 Å². The van der Waals surface area contributed by atoms with Crippen molar-refractivity contribution in [2.75, 3.05) is 0 Å². The molecule has 0 unspecified atom stereocenters. The van der Waals surface area contributed by atoms with Crippen LogP contribution in [0.1, 0.15) is 0 Å². The third-order valence-corrected chi connectivity index (χ3v) is 10.1. The summed E-state index contributed by atoms with van der Waals surface area (Å²) < 4.78 is 44.0. The van der Waals surface area contributed by atoms with Gasteiger partial charge in [-0.05, 0) is 69.4 Å². The van der Waals surface area contributed by atoms with Crippen molar-refractivity contribution in [2.45, 2.75) is 8.42 Å². The number of rotatable bonds is 4. The van der Waals surface area contributed by atoms with Gasteiger partial charge in [-0.25, -0.2) is 13.0 Å². The smallest absolute Gasteiger partial charge is 0.123 e. The number of thiophene rings is 2. The van der Waals surface area contributed by atoms with E-state index in [2.05, 4.69) is 0 Å². The molecule has 0 saturated heterocycles. The van der Waals surface area contributed by atoms with Gasteiger partial charge in [-0.1, -0.05) is 60.7 Å². The lowest BCUT2D eigenvalue weighted by atomic mass is 10.0. The molecule has 34 heavy (non-hydrogen) atoms. The highest BCUT2D eigenvalue weighted by Crippen LogP contribution is 2.41. The molecule has 0 N–H and O–H groups in total. The molecule has 6 heteroatoms. The Morgan fingerprint density at radius 1 is 0.559 bits per heavy atom. The highest BCUT2D eigenvalue weighted by atomic mass is 32.2. The molecule has 0 atom stereocenters. The number of fused-ring (bicyclic) bond motifs is 2. The van der Waals surface area contributed by atoms with Crippen LogP contribution in [0.2, 0.25) is 0 Å². The first-order valence-corrected chi connectivity index (χ1v) is 13.3. The van der Waals surface area contributed by atoms with Crippen LogP contribution in [0.3, 0.4) is 0 Å². The molecule has 4 aromatic carbocycles. The van der Waals surface area contributed by atoms with E-state index in [0.717, 1.165) is 50.8 Å². The van der Waals surface area contributed by atoms with Gasteiger partial charge in [0.1, 0.15) is 22.4 Å². The Bertz CT molecular complexity index is 1550. The first-order chi connectivity index (χ1) is 16.6. The van der Waals surface area contributed by atoms with E-state index in [1.54, 1.807) is 24.3 Å². The lowest BCUT2D eigenvalue weighted by Gasteiger charge is -2.03. The summed E-state index contributed by atoms with van der Waals surface area (Å²) in [5, 5.41) is 2.03. The molecule has 0 spiro atoms. The van der Waals surface area contributed by atoms with Crippen LogP contribution in [0.5, 0.6) is 0 Å². The van der Waals surface area contributed by atoms with Crippen molar-refractivity contribution in [3.63, 3.8) is 0 Å². The Morgan fingerprint density at radius 3 is 1.38 bits per heavy atom. The number of halogens is 2. The van der Waals surface area contributed by atoms with Gasteiger partial charge in [-0.15, -0.1) is 22.7 Å². The van der Waals surface area contributed by atoms with Gasteiger partial charge in [-0.2, -0.15) is 0 Å². The van der Waals surface area contributed by atoms with Gasteiger partial charge in [0.25, 0.3) is 0 Å². The molecule has 2 heterocycles. The van der Waals surface area contributed by atoms with E-state index in [4.69, 9.17) is 0 Å². The van der Waals surface area contributed by atoms with E-state index >= 15 is 0 Å². The zero-order valence-electron chi connectivity index (χ0n) is 17.6. The Balaban J connectivity index is 1.42. The van der Waals surface area contributed by atoms with Crippen LogP contribution in [-0.2, 0) is 10.8 Å². The van der Waals surface area contributed by atoms with Crippen molar-refractivity contribution in [3.05, 3.63) is 109 Å². The van der Waals surface area contributed by atoms with Gasteiger partial charge in [0, 0.05) is 9.40 Å². The Labute approximate surface area is 205 Å². The number of benzene rings is 4. The summed E-state index contributed by atoms with van der Waals surface area (Å²) >= 11 is 3.02. The Hall–Kier alpha value is -3.19. The maximum absolute atomic E-state index is 13.6. The third kappa shape index (κ3) is 3.78. The standard InChI is InChI=1S/C28H16F2OS3/c29-21-11-7-17(8-12-21)23-5-1-3-19-15-25(32-27(19)23)34(31)26-16-20-4-2-6-24(28(20)33-26)18-9-13-22(30)14-10-18/h1-16H. The molecule has 0 saturated carbocycles. The van der Waals surface area contributed by atoms with E-state index < -0.39 is 10.8 Å². The van der Waals surface area contributed by atoms with Crippen molar-refractivity contribution < 1.29 is 13.0 Å². The molecule has 6 aromatic rings. The lowest BCUT2D eigenvalue weighted by molar-refractivity contribution is 0.627. The molecule has 0 radical (unpaired) electrons. The normalized spacial score (nSPS) is 11.6. The minimum Gasteiger partial charge on any atom is -0.247 e. The van der Waals surface area contributed by atoms with Crippen LogP contribution < -0.4 is 0 Å². The molecule has 6 rings (SSSR count). The van der Waals surface area contributed by atoms with Crippen molar-refractivity contribution in [2.24, 2.45) is 0 Å². The highest BCUT2D eigenvalue weighted by molar-refractivity contribution is 7.89. The van der Waals surface area contributed by atoms with E-state index in [0.29, 0.717) is 0 Å². The van der Waals surface area contributed by atoms with E-state index in [-0.39, 0.29) is 11.6 Å². The molecular formula is C28H16F2OS3. The Morgan fingerprint density at radius 2 is 0.971 bits per heavy atom. The predicted octanol–water partition coefficient (Wildman–Crippen LogP) is 8.89. The summed E-state index contributed by atoms with van der Waals surface area (Å²) in [6.07, 6.45) is 0. The van der Waals surface area contributed by atoms with Crippen LogP contribution in [0.25, 0.3) is 42.4 Å². The maximum Gasteiger partial charge on any atom is 0.123 e. The molecule has 0 bridgehead atoms.